The van der Waals surface area contributed by atoms with Crippen LogP contribution in [-0.2, 0) is 19.2 Å². The maximum atomic E-state index is 14.0. The number of rotatable bonds is 4. The average molecular weight is 532 g/mol. The lowest BCUT2D eigenvalue weighted by molar-refractivity contribution is -0.143. The van der Waals surface area contributed by atoms with Crippen molar-refractivity contribution in [3.05, 3.63) is 52.1 Å². The molecule has 0 radical (unpaired) electrons. The Kier molecular flexibility index (Phi) is 6.24. The largest absolute Gasteiger partial charge is 0.508 e. The molecule has 204 valence electrons. The number of ketones is 2. The number of benzene rings is 1. The van der Waals surface area contributed by atoms with E-state index >= 15 is 0 Å². The van der Waals surface area contributed by atoms with Crippen molar-refractivity contribution in [1.82, 2.24) is 4.90 Å². The van der Waals surface area contributed by atoms with Crippen molar-refractivity contribution in [2.75, 3.05) is 14.2 Å². The summed E-state index contributed by atoms with van der Waals surface area (Å²) in [5.41, 5.74) is 2.46. The summed E-state index contributed by atoms with van der Waals surface area (Å²) in [5, 5.41) is 10.3. The minimum absolute atomic E-state index is 0.0619. The lowest BCUT2D eigenvalue weighted by Gasteiger charge is -2.42. The first kappa shape index (κ1) is 25.6. The molecule has 4 atom stereocenters. The molecule has 2 fully saturated rings. The van der Waals surface area contributed by atoms with Gasteiger partial charge < -0.3 is 14.6 Å². The van der Waals surface area contributed by atoms with Gasteiger partial charge in [0.2, 0.25) is 11.8 Å². The molecule has 0 spiro atoms. The van der Waals surface area contributed by atoms with E-state index in [1.54, 1.807) is 6.92 Å². The van der Waals surface area contributed by atoms with E-state index in [-0.39, 0.29) is 41.6 Å². The third-order valence-corrected chi connectivity index (χ3v) is 9.35. The molecular formula is C31H33NO7. The number of hydrogen-bond acceptors (Lipinski definition) is 7. The first-order valence-corrected chi connectivity index (χ1v) is 13.8. The lowest BCUT2D eigenvalue weighted by atomic mass is 9.59. The Morgan fingerprint density at radius 1 is 0.923 bits per heavy atom. The number of ether oxygens (including phenoxy) is 2. The molecule has 1 saturated carbocycles. The topological polar surface area (TPSA) is 110 Å². The van der Waals surface area contributed by atoms with Gasteiger partial charge in [-0.15, -0.1) is 0 Å². The number of phenols is 1. The monoisotopic (exact) mass is 531 g/mol. The molecule has 1 aliphatic heterocycles. The van der Waals surface area contributed by atoms with Gasteiger partial charge in [-0.05, 0) is 44.6 Å². The fraction of sp³-hybridized carbons (Fsp3) is 0.484. The molecule has 1 N–H and O–H groups in total. The second-order valence-corrected chi connectivity index (χ2v) is 11.3. The molecular weight excluding hydrogens is 498 g/mol. The van der Waals surface area contributed by atoms with Gasteiger partial charge in [0.1, 0.15) is 17.2 Å². The summed E-state index contributed by atoms with van der Waals surface area (Å²) >= 11 is 0. The Labute approximate surface area is 227 Å². The van der Waals surface area contributed by atoms with Gasteiger partial charge in [0.15, 0.2) is 11.6 Å². The van der Waals surface area contributed by atoms with Crippen LogP contribution in [0.3, 0.4) is 0 Å². The van der Waals surface area contributed by atoms with Crippen molar-refractivity contribution in [1.29, 1.82) is 0 Å². The Bertz CT molecular complexity index is 1370. The number of amides is 2. The number of methoxy groups -OCH3 is 2. The highest BCUT2D eigenvalue weighted by Gasteiger charge is 2.57. The minimum atomic E-state index is -0.711. The third-order valence-electron chi connectivity index (χ3n) is 9.35. The summed E-state index contributed by atoms with van der Waals surface area (Å²) in [5.74, 6) is -2.34. The van der Waals surface area contributed by atoms with Crippen LogP contribution in [-0.4, -0.2) is 53.6 Å². The van der Waals surface area contributed by atoms with Crippen LogP contribution in [0, 0.1) is 17.8 Å². The van der Waals surface area contributed by atoms with E-state index < -0.39 is 23.7 Å². The third kappa shape index (κ3) is 3.79. The van der Waals surface area contributed by atoms with Crippen LogP contribution in [0.4, 0.5) is 0 Å². The number of likely N-dealkylation sites (tertiary alicyclic amines) is 1. The lowest BCUT2D eigenvalue weighted by Crippen LogP contribution is -2.43. The number of aromatic hydroxyl groups is 1. The number of fused-ring (bicyclic) bond motifs is 3. The number of carbonyl (C=O) groups excluding carboxylic acids is 4. The molecule has 1 heterocycles. The summed E-state index contributed by atoms with van der Waals surface area (Å²) in [6.45, 7) is 1.63. The van der Waals surface area contributed by atoms with Gasteiger partial charge >= 0.3 is 0 Å². The van der Waals surface area contributed by atoms with Gasteiger partial charge in [-0.25, -0.2) is 0 Å². The first-order valence-electron chi connectivity index (χ1n) is 13.8. The van der Waals surface area contributed by atoms with Crippen molar-refractivity contribution >= 4 is 23.4 Å². The van der Waals surface area contributed by atoms with Gasteiger partial charge in [0.05, 0.1) is 26.1 Å². The van der Waals surface area contributed by atoms with Crippen LogP contribution in [0.25, 0.3) is 0 Å². The number of phenolic OH excluding ortho intramolecular Hbond substituents is 1. The maximum Gasteiger partial charge on any atom is 0.233 e. The summed E-state index contributed by atoms with van der Waals surface area (Å²) in [7, 11) is 2.94. The van der Waals surface area contributed by atoms with Gasteiger partial charge in [0.25, 0.3) is 0 Å². The number of carbonyl (C=O) groups is 4. The van der Waals surface area contributed by atoms with Crippen LogP contribution in [0.1, 0.15) is 63.4 Å². The second-order valence-electron chi connectivity index (χ2n) is 11.3. The molecule has 4 unspecified atom stereocenters. The Morgan fingerprint density at radius 2 is 1.59 bits per heavy atom. The number of imide groups is 1. The Hall–Kier alpha value is -3.68. The van der Waals surface area contributed by atoms with Crippen molar-refractivity contribution in [3.63, 3.8) is 0 Å². The van der Waals surface area contributed by atoms with E-state index in [0.29, 0.717) is 40.2 Å². The Balaban J connectivity index is 1.52. The van der Waals surface area contributed by atoms with Crippen LogP contribution < -0.4 is 9.47 Å². The molecule has 4 aliphatic carbocycles. The molecule has 5 aliphatic rings. The van der Waals surface area contributed by atoms with Crippen LogP contribution in [0.15, 0.2) is 46.6 Å². The highest BCUT2D eigenvalue weighted by molar-refractivity contribution is 6.24. The minimum Gasteiger partial charge on any atom is -0.508 e. The zero-order valence-corrected chi connectivity index (χ0v) is 22.5. The van der Waals surface area contributed by atoms with E-state index in [2.05, 4.69) is 0 Å². The standard InChI is InChI=1S/C31H33NO7/c1-15-11-22(34)26-21(29(15)35)14-20-18(27(26)28-23(38-2)12-17(33)13-24(28)39-3)9-10-19-25(20)31(37)32(30(19)36)16-7-5-4-6-8-16/h9,11-13,16,19-20,25,27,33H,4-8,10,14H2,1-3H3. The fourth-order valence-electron chi connectivity index (χ4n) is 7.65. The predicted molar refractivity (Wildman–Crippen MR) is 141 cm³/mol. The number of Topliss-reactive ketones (excluding diaryl/α,β-unsaturated/α-hetero) is 1. The molecule has 1 aromatic carbocycles. The van der Waals surface area contributed by atoms with Crippen molar-refractivity contribution in [3.8, 4) is 17.2 Å². The SMILES string of the molecule is COc1cc(O)cc(OC)c1C1C2=CCC3C(=O)N(C4CCCCC4)C(=O)C3C2CC2=C1C(=O)C=C(C)C2=O. The molecule has 39 heavy (non-hydrogen) atoms. The number of hydrogen-bond donors (Lipinski definition) is 1. The summed E-state index contributed by atoms with van der Waals surface area (Å²) in [4.78, 5) is 56.2. The van der Waals surface area contributed by atoms with E-state index in [1.165, 1.54) is 37.3 Å². The quantitative estimate of drug-likeness (QED) is 0.353. The predicted octanol–water partition coefficient (Wildman–Crippen LogP) is 4.17. The molecule has 0 aromatic heterocycles. The Morgan fingerprint density at radius 3 is 2.23 bits per heavy atom. The number of allylic oxidation sites excluding steroid dienone is 6. The summed E-state index contributed by atoms with van der Waals surface area (Å²) in [6.07, 6.45) is 8.77. The van der Waals surface area contributed by atoms with Gasteiger partial charge in [0, 0.05) is 46.4 Å². The van der Waals surface area contributed by atoms with Gasteiger partial charge in [-0.1, -0.05) is 30.9 Å². The van der Waals surface area contributed by atoms with E-state index in [9.17, 15) is 24.3 Å². The molecule has 8 nitrogen and oxygen atoms in total. The fourth-order valence-corrected chi connectivity index (χ4v) is 7.65. The van der Waals surface area contributed by atoms with Crippen LogP contribution in [0.2, 0.25) is 0 Å². The first-order chi connectivity index (χ1) is 18.8. The maximum absolute atomic E-state index is 14.0. The van der Waals surface area contributed by atoms with Crippen LogP contribution in [0.5, 0.6) is 17.2 Å². The molecule has 0 bridgehead atoms. The van der Waals surface area contributed by atoms with Crippen molar-refractivity contribution in [2.45, 2.75) is 63.8 Å². The van der Waals surface area contributed by atoms with E-state index in [1.807, 2.05) is 6.08 Å². The molecule has 1 aromatic rings. The van der Waals surface area contributed by atoms with Crippen molar-refractivity contribution < 1.29 is 33.8 Å². The average Bonchev–Trinajstić information content (AvgIpc) is 3.20. The van der Waals surface area contributed by atoms with Gasteiger partial charge in [-0.3, -0.25) is 24.1 Å². The van der Waals surface area contributed by atoms with Gasteiger partial charge in [-0.2, -0.15) is 0 Å². The van der Waals surface area contributed by atoms with Crippen LogP contribution >= 0.6 is 0 Å². The zero-order valence-electron chi connectivity index (χ0n) is 22.5. The summed E-state index contributed by atoms with van der Waals surface area (Å²) < 4.78 is 11.3. The smallest absolute Gasteiger partial charge is 0.233 e. The zero-order chi connectivity index (χ0) is 27.6. The highest BCUT2D eigenvalue weighted by Crippen LogP contribution is 2.58. The van der Waals surface area contributed by atoms with E-state index in [0.717, 1.165) is 37.7 Å². The highest BCUT2D eigenvalue weighted by atomic mass is 16.5. The molecule has 8 heteroatoms. The molecule has 1 saturated heterocycles. The van der Waals surface area contributed by atoms with Crippen molar-refractivity contribution in [2.24, 2.45) is 17.8 Å². The number of nitrogens with zero attached hydrogens (tertiary/aromatic N) is 1. The summed E-state index contributed by atoms with van der Waals surface area (Å²) in [6, 6.07) is 2.85. The van der Waals surface area contributed by atoms with E-state index in [4.69, 9.17) is 9.47 Å². The molecule has 6 rings (SSSR count). The normalized spacial score (nSPS) is 29.1. The molecule has 2 amide bonds. The second kappa shape index (κ2) is 9.50.